The number of aryl methyl sites for hydroxylation is 1. The number of benzene rings is 1. The Balaban J connectivity index is 2.24. The van der Waals surface area contributed by atoms with Crippen LogP contribution in [0.4, 0.5) is 0 Å². The molecule has 0 spiro atoms. The molecule has 1 N–H and O–H groups in total. The predicted octanol–water partition coefficient (Wildman–Crippen LogP) is 3.42. The van der Waals surface area contributed by atoms with Crippen LogP contribution >= 0.6 is 0 Å². The van der Waals surface area contributed by atoms with Gasteiger partial charge in [0.05, 0.1) is 32.4 Å². The van der Waals surface area contributed by atoms with Gasteiger partial charge in [-0.15, -0.1) is 0 Å². The van der Waals surface area contributed by atoms with E-state index in [0.29, 0.717) is 29.0 Å². The molecule has 0 saturated heterocycles. The van der Waals surface area contributed by atoms with Crippen molar-refractivity contribution in [1.82, 2.24) is 10.3 Å². The molecule has 0 aliphatic rings. The first-order valence-electron chi connectivity index (χ1n) is 8.87. The summed E-state index contributed by atoms with van der Waals surface area (Å²) in [5.74, 6) is 0.631. The molecule has 6 nitrogen and oxygen atoms in total. The van der Waals surface area contributed by atoms with Gasteiger partial charge in [-0.1, -0.05) is 6.92 Å². The van der Waals surface area contributed by atoms with Gasteiger partial charge < -0.3 is 14.8 Å². The van der Waals surface area contributed by atoms with Gasteiger partial charge in [0.1, 0.15) is 0 Å². The van der Waals surface area contributed by atoms with Crippen molar-refractivity contribution in [3.63, 3.8) is 0 Å². The van der Waals surface area contributed by atoms with Crippen LogP contribution in [-0.4, -0.2) is 30.9 Å². The van der Waals surface area contributed by atoms with Crippen molar-refractivity contribution in [3.8, 4) is 11.5 Å². The van der Waals surface area contributed by atoms with E-state index in [2.05, 4.69) is 10.3 Å². The van der Waals surface area contributed by atoms with E-state index < -0.39 is 0 Å². The molecule has 1 amide bonds. The molecule has 0 fully saturated rings. The van der Waals surface area contributed by atoms with Crippen molar-refractivity contribution in [3.05, 3.63) is 52.8 Å². The first-order valence-corrected chi connectivity index (χ1v) is 8.87. The monoisotopic (exact) mass is 370 g/mol. The Morgan fingerprint density at radius 2 is 1.81 bits per heavy atom. The third-order valence-electron chi connectivity index (χ3n) is 4.38. The lowest BCUT2D eigenvalue weighted by molar-refractivity contribution is -0.121. The van der Waals surface area contributed by atoms with Gasteiger partial charge in [-0.3, -0.25) is 14.6 Å². The van der Waals surface area contributed by atoms with Crippen molar-refractivity contribution < 1.29 is 19.1 Å². The highest BCUT2D eigenvalue weighted by atomic mass is 16.5. The number of methoxy groups -OCH3 is 2. The maximum atomic E-state index is 12.6. The van der Waals surface area contributed by atoms with Gasteiger partial charge in [0.2, 0.25) is 5.91 Å². The molecule has 1 aromatic heterocycles. The number of carbonyl (C=O) groups is 2. The van der Waals surface area contributed by atoms with Crippen molar-refractivity contribution in [2.24, 2.45) is 0 Å². The number of Topliss-reactive ketones (excluding diaryl/α,β-unsaturated/α-hetero) is 1. The maximum absolute atomic E-state index is 12.6. The molecule has 0 aliphatic heterocycles. The SMILES string of the molecule is CC[C@@H](NC(=O)Cc1cc(OC)c(OC)cc1C(C)=O)c1cc(C)ccn1. The van der Waals surface area contributed by atoms with Gasteiger partial charge in [0, 0.05) is 11.8 Å². The molecule has 0 unspecified atom stereocenters. The van der Waals surface area contributed by atoms with E-state index in [4.69, 9.17) is 9.47 Å². The molecule has 1 atom stereocenters. The molecule has 2 rings (SSSR count). The molecule has 6 heteroatoms. The Morgan fingerprint density at radius 3 is 2.37 bits per heavy atom. The zero-order valence-electron chi connectivity index (χ0n) is 16.5. The van der Waals surface area contributed by atoms with Crippen molar-refractivity contribution >= 4 is 11.7 Å². The summed E-state index contributed by atoms with van der Waals surface area (Å²) in [4.78, 5) is 29.0. The normalized spacial score (nSPS) is 11.6. The van der Waals surface area contributed by atoms with Crippen LogP contribution in [-0.2, 0) is 11.2 Å². The summed E-state index contributed by atoms with van der Waals surface area (Å²) in [7, 11) is 3.03. The molecular weight excluding hydrogens is 344 g/mol. The lowest BCUT2D eigenvalue weighted by Crippen LogP contribution is -2.30. The number of ether oxygens (including phenoxy) is 2. The van der Waals surface area contributed by atoms with E-state index >= 15 is 0 Å². The number of hydrogen-bond acceptors (Lipinski definition) is 5. The molecule has 27 heavy (non-hydrogen) atoms. The lowest BCUT2D eigenvalue weighted by atomic mass is 9.99. The van der Waals surface area contributed by atoms with E-state index in [0.717, 1.165) is 11.3 Å². The van der Waals surface area contributed by atoms with E-state index in [1.165, 1.54) is 21.1 Å². The van der Waals surface area contributed by atoms with Crippen LogP contribution in [0.3, 0.4) is 0 Å². The molecule has 0 saturated carbocycles. The minimum absolute atomic E-state index is 0.0670. The Bertz CT molecular complexity index is 833. The van der Waals surface area contributed by atoms with Crippen LogP contribution in [0.2, 0.25) is 0 Å². The topological polar surface area (TPSA) is 77.5 Å². The first kappa shape index (κ1) is 20.4. The highest BCUT2D eigenvalue weighted by Crippen LogP contribution is 2.31. The largest absolute Gasteiger partial charge is 0.493 e. The Labute approximate surface area is 159 Å². The van der Waals surface area contributed by atoms with Gasteiger partial charge >= 0.3 is 0 Å². The molecule has 1 heterocycles. The number of nitrogens with one attached hydrogen (secondary N) is 1. The summed E-state index contributed by atoms with van der Waals surface area (Å²) >= 11 is 0. The number of rotatable bonds is 8. The Kier molecular flexibility index (Phi) is 6.93. The third kappa shape index (κ3) is 5.06. The van der Waals surface area contributed by atoms with Crippen molar-refractivity contribution in [1.29, 1.82) is 0 Å². The molecule has 0 aliphatic carbocycles. The minimum Gasteiger partial charge on any atom is -0.493 e. The number of aromatic nitrogens is 1. The number of ketones is 1. The van der Waals surface area contributed by atoms with Crippen LogP contribution in [0.5, 0.6) is 11.5 Å². The predicted molar refractivity (Wildman–Crippen MR) is 103 cm³/mol. The summed E-state index contributed by atoms with van der Waals surface area (Å²) in [6.45, 7) is 5.45. The van der Waals surface area contributed by atoms with E-state index in [9.17, 15) is 9.59 Å². The number of nitrogens with zero attached hydrogens (tertiary/aromatic N) is 1. The van der Waals surface area contributed by atoms with Crippen LogP contribution in [0.1, 0.15) is 53.5 Å². The zero-order valence-corrected chi connectivity index (χ0v) is 16.5. The third-order valence-corrected chi connectivity index (χ3v) is 4.38. The van der Waals surface area contributed by atoms with E-state index in [1.54, 1.807) is 18.3 Å². The quantitative estimate of drug-likeness (QED) is 0.721. The van der Waals surface area contributed by atoms with E-state index in [1.807, 2.05) is 26.0 Å². The summed E-state index contributed by atoms with van der Waals surface area (Å²) in [6, 6.07) is 7.00. The summed E-state index contributed by atoms with van der Waals surface area (Å²) in [6.07, 6.45) is 2.52. The van der Waals surface area contributed by atoms with Crippen LogP contribution in [0.25, 0.3) is 0 Å². The standard InChI is InChI=1S/C21H26N2O4/c1-6-17(18-9-13(2)7-8-22-18)23-21(25)11-15-10-19(26-4)20(27-5)12-16(15)14(3)24/h7-10,12,17H,6,11H2,1-5H3,(H,23,25)/t17-/m1/s1. The highest BCUT2D eigenvalue weighted by Gasteiger charge is 2.19. The van der Waals surface area contributed by atoms with Crippen LogP contribution in [0.15, 0.2) is 30.5 Å². The minimum atomic E-state index is -0.182. The molecular formula is C21H26N2O4. The number of pyridine rings is 1. The fraction of sp³-hybridized carbons (Fsp3) is 0.381. The van der Waals surface area contributed by atoms with Crippen molar-refractivity contribution in [2.45, 2.75) is 39.7 Å². The fourth-order valence-corrected chi connectivity index (χ4v) is 2.95. The first-order chi connectivity index (χ1) is 12.9. The Morgan fingerprint density at radius 1 is 1.15 bits per heavy atom. The second-order valence-electron chi connectivity index (χ2n) is 6.38. The molecule has 0 radical (unpaired) electrons. The zero-order chi connectivity index (χ0) is 20.0. The summed E-state index contributed by atoms with van der Waals surface area (Å²) in [5, 5.41) is 3.01. The molecule has 144 valence electrons. The number of amides is 1. The van der Waals surface area contributed by atoms with E-state index in [-0.39, 0.29) is 24.2 Å². The molecule has 1 aromatic carbocycles. The van der Waals surface area contributed by atoms with Gasteiger partial charge in [-0.05, 0) is 55.7 Å². The van der Waals surface area contributed by atoms with Gasteiger partial charge in [0.15, 0.2) is 17.3 Å². The lowest BCUT2D eigenvalue weighted by Gasteiger charge is -2.18. The van der Waals surface area contributed by atoms with Crippen LogP contribution < -0.4 is 14.8 Å². The second-order valence-corrected chi connectivity index (χ2v) is 6.38. The average molecular weight is 370 g/mol. The smallest absolute Gasteiger partial charge is 0.224 e. The van der Waals surface area contributed by atoms with Crippen LogP contribution in [0, 0.1) is 6.92 Å². The summed E-state index contributed by atoms with van der Waals surface area (Å²) in [5.41, 5.74) is 2.96. The highest BCUT2D eigenvalue weighted by molar-refractivity contribution is 5.97. The van der Waals surface area contributed by atoms with Gasteiger partial charge in [-0.25, -0.2) is 0 Å². The maximum Gasteiger partial charge on any atom is 0.224 e. The Hall–Kier alpha value is -2.89. The summed E-state index contributed by atoms with van der Waals surface area (Å²) < 4.78 is 10.6. The van der Waals surface area contributed by atoms with Crippen molar-refractivity contribution in [2.75, 3.05) is 14.2 Å². The average Bonchev–Trinajstić information content (AvgIpc) is 2.65. The molecule has 0 bridgehead atoms. The number of carbonyl (C=O) groups excluding carboxylic acids is 2. The molecule has 2 aromatic rings. The number of hydrogen-bond donors (Lipinski definition) is 1. The van der Waals surface area contributed by atoms with Gasteiger partial charge in [-0.2, -0.15) is 0 Å². The second kappa shape index (κ2) is 9.16. The fourth-order valence-electron chi connectivity index (χ4n) is 2.95. The van der Waals surface area contributed by atoms with Gasteiger partial charge in [0.25, 0.3) is 0 Å².